The van der Waals surface area contributed by atoms with E-state index in [2.05, 4.69) is 0 Å². The number of anilines is 2. The molecule has 0 spiro atoms. The minimum absolute atomic E-state index is 0.244. The quantitative estimate of drug-likeness (QED) is 0.521. The van der Waals surface area contributed by atoms with Crippen LogP contribution in [0.3, 0.4) is 0 Å². The second-order valence-corrected chi connectivity index (χ2v) is 8.13. The Kier molecular flexibility index (Phi) is 4.97. The fourth-order valence-corrected chi connectivity index (χ4v) is 4.40. The number of rotatable bonds is 3. The topological polar surface area (TPSA) is 49.9 Å². The van der Waals surface area contributed by atoms with Crippen LogP contribution in [0.4, 0.5) is 24.5 Å². The maximum absolute atomic E-state index is 13.5. The first-order valence-corrected chi connectivity index (χ1v) is 10.4. The molecule has 0 aromatic heterocycles. The van der Waals surface area contributed by atoms with Crippen LogP contribution in [0.1, 0.15) is 22.7 Å². The molecule has 0 aliphatic carbocycles. The van der Waals surface area contributed by atoms with Crippen LogP contribution in [0.15, 0.2) is 78.9 Å². The SMILES string of the molecule is Cc1ccc(N2C(=O)[C@H]3[C@@H](ON(c4ccccc4)[C@H]3c3cccc(C(F)(F)F)c3)C2=O)cc1. The summed E-state index contributed by atoms with van der Waals surface area (Å²) in [6.07, 6.45) is -5.69. The fraction of sp³-hybridized carbons (Fsp3) is 0.200. The molecule has 2 aliphatic heterocycles. The number of nitrogens with zero attached hydrogens (tertiary/aromatic N) is 2. The lowest BCUT2D eigenvalue weighted by atomic mass is 9.89. The molecule has 3 aromatic rings. The van der Waals surface area contributed by atoms with Gasteiger partial charge in [-0.3, -0.25) is 14.4 Å². The van der Waals surface area contributed by atoms with E-state index in [9.17, 15) is 22.8 Å². The summed E-state index contributed by atoms with van der Waals surface area (Å²) >= 11 is 0. The highest BCUT2D eigenvalue weighted by atomic mass is 19.4. The van der Waals surface area contributed by atoms with Crippen LogP contribution < -0.4 is 9.96 Å². The number of benzene rings is 3. The Morgan fingerprint density at radius 2 is 1.52 bits per heavy atom. The van der Waals surface area contributed by atoms with Gasteiger partial charge in [0.25, 0.3) is 5.91 Å². The minimum Gasteiger partial charge on any atom is -0.273 e. The van der Waals surface area contributed by atoms with Crippen molar-refractivity contribution in [3.05, 3.63) is 95.6 Å². The van der Waals surface area contributed by atoms with Gasteiger partial charge in [0.2, 0.25) is 5.91 Å². The zero-order valence-corrected chi connectivity index (χ0v) is 17.5. The molecule has 2 heterocycles. The first kappa shape index (κ1) is 21.2. The molecule has 8 heteroatoms. The highest BCUT2D eigenvalue weighted by molar-refractivity contribution is 6.23. The molecule has 2 saturated heterocycles. The molecular weight excluding hydrogens is 433 g/mol. The Hall–Kier alpha value is -3.65. The maximum Gasteiger partial charge on any atom is 0.416 e. The summed E-state index contributed by atoms with van der Waals surface area (Å²) in [7, 11) is 0. The van der Waals surface area contributed by atoms with Crippen molar-refractivity contribution in [2.75, 3.05) is 9.96 Å². The van der Waals surface area contributed by atoms with Crippen LogP contribution in [0.2, 0.25) is 0 Å². The van der Waals surface area contributed by atoms with Gasteiger partial charge in [-0.25, -0.2) is 9.96 Å². The largest absolute Gasteiger partial charge is 0.416 e. The number of aryl methyl sites for hydroxylation is 1. The van der Waals surface area contributed by atoms with Gasteiger partial charge in [-0.1, -0.05) is 48.0 Å². The number of hydroxylamine groups is 1. The van der Waals surface area contributed by atoms with Crippen LogP contribution >= 0.6 is 0 Å². The van der Waals surface area contributed by atoms with Crippen molar-refractivity contribution in [3.8, 4) is 0 Å². The zero-order chi connectivity index (χ0) is 23.3. The highest BCUT2D eigenvalue weighted by Gasteiger charge is 2.60. The molecule has 3 atom stereocenters. The average molecular weight is 452 g/mol. The number of carbonyl (C=O) groups is 2. The zero-order valence-electron chi connectivity index (χ0n) is 17.5. The van der Waals surface area contributed by atoms with E-state index < -0.39 is 41.6 Å². The average Bonchev–Trinajstić information content (AvgIpc) is 3.31. The normalized spacial score (nSPS) is 22.7. The summed E-state index contributed by atoms with van der Waals surface area (Å²) in [5.41, 5.74) is 1.32. The van der Waals surface area contributed by atoms with Crippen LogP contribution in [0.5, 0.6) is 0 Å². The summed E-state index contributed by atoms with van der Waals surface area (Å²) in [5.74, 6) is -2.04. The Bertz CT molecular complexity index is 1210. The van der Waals surface area contributed by atoms with Crippen molar-refractivity contribution >= 4 is 23.2 Å². The van der Waals surface area contributed by atoms with Crippen molar-refractivity contribution in [3.63, 3.8) is 0 Å². The Morgan fingerprint density at radius 3 is 2.18 bits per heavy atom. The van der Waals surface area contributed by atoms with E-state index in [1.807, 2.05) is 6.92 Å². The molecule has 2 aliphatic rings. The van der Waals surface area contributed by atoms with Gasteiger partial charge in [-0.05, 0) is 48.9 Å². The molecule has 0 N–H and O–H groups in total. The van der Waals surface area contributed by atoms with Gasteiger partial charge >= 0.3 is 6.18 Å². The lowest BCUT2D eigenvalue weighted by Gasteiger charge is -2.29. The van der Waals surface area contributed by atoms with Crippen molar-refractivity contribution in [2.45, 2.75) is 25.2 Å². The molecular formula is C25H19F3N2O3. The molecule has 3 aromatic carbocycles. The number of alkyl halides is 3. The van der Waals surface area contributed by atoms with Gasteiger partial charge in [0.05, 0.1) is 23.0 Å². The standard InChI is InChI=1S/C25H19F3N2O3/c1-15-10-12-18(13-11-15)29-23(31)20-21(16-6-5-7-17(14-16)25(26,27)28)30(33-22(20)24(29)32)19-8-3-2-4-9-19/h2-14,20-22H,1H3/t20-,21+,22-/m1/s1. The van der Waals surface area contributed by atoms with E-state index in [1.54, 1.807) is 54.6 Å². The fourth-order valence-electron chi connectivity index (χ4n) is 4.40. The van der Waals surface area contributed by atoms with E-state index >= 15 is 0 Å². The highest BCUT2D eigenvalue weighted by Crippen LogP contribution is 2.48. The van der Waals surface area contributed by atoms with Gasteiger partial charge in [0.15, 0.2) is 6.10 Å². The molecule has 0 saturated carbocycles. The molecule has 2 fully saturated rings. The monoisotopic (exact) mass is 452 g/mol. The molecule has 33 heavy (non-hydrogen) atoms. The molecule has 168 valence electrons. The molecule has 0 unspecified atom stereocenters. The van der Waals surface area contributed by atoms with Crippen LogP contribution in [-0.4, -0.2) is 17.9 Å². The van der Waals surface area contributed by atoms with E-state index in [1.165, 1.54) is 17.2 Å². The van der Waals surface area contributed by atoms with Crippen LogP contribution in [0.25, 0.3) is 0 Å². The van der Waals surface area contributed by atoms with E-state index in [0.29, 0.717) is 11.4 Å². The van der Waals surface area contributed by atoms with Crippen LogP contribution in [0, 0.1) is 12.8 Å². The predicted molar refractivity (Wildman–Crippen MR) is 115 cm³/mol. The lowest BCUT2D eigenvalue weighted by Crippen LogP contribution is -2.37. The summed E-state index contributed by atoms with van der Waals surface area (Å²) in [6, 6.07) is 19.5. The van der Waals surface area contributed by atoms with Crippen molar-refractivity contribution in [2.24, 2.45) is 5.92 Å². The first-order chi connectivity index (χ1) is 15.8. The number of halogens is 3. The van der Waals surface area contributed by atoms with E-state index in [-0.39, 0.29) is 5.56 Å². The molecule has 0 radical (unpaired) electrons. The van der Waals surface area contributed by atoms with E-state index in [0.717, 1.165) is 22.6 Å². The molecule has 5 nitrogen and oxygen atoms in total. The number of hydrogen-bond donors (Lipinski definition) is 0. The van der Waals surface area contributed by atoms with Gasteiger partial charge < -0.3 is 0 Å². The Morgan fingerprint density at radius 1 is 0.818 bits per heavy atom. The summed E-state index contributed by atoms with van der Waals surface area (Å²) in [5, 5.41) is 1.38. The number of hydrogen-bond acceptors (Lipinski definition) is 4. The summed E-state index contributed by atoms with van der Waals surface area (Å²) < 4.78 is 40.3. The summed E-state index contributed by atoms with van der Waals surface area (Å²) in [4.78, 5) is 33.8. The summed E-state index contributed by atoms with van der Waals surface area (Å²) in [6.45, 7) is 1.89. The van der Waals surface area contributed by atoms with Crippen molar-refractivity contribution < 1.29 is 27.6 Å². The smallest absolute Gasteiger partial charge is 0.273 e. The molecule has 0 bridgehead atoms. The van der Waals surface area contributed by atoms with Gasteiger partial charge in [0, 0.05) is 0 Å². The lowest BCUT2D eigenvalue weighted by molar-refractivity contribution is -0.137. The second kappa shape index (κ2) is 7.74. The maximum atomic E-state index is 13.5. The van der Waals surface area contributed by atoms with Crippen LogP contribution in [-0.2, 0) is 20.6 Å². The Labute approximate surface area is 187 Å². The predicted octanol–water partition coefficient (Wildman–Crippen LogP) is 5.06. The number of carbonyl (C=O) groups excluding carboxylic acids is 2. The van der Waals surface area contributed by atoms with Crippen molar-refractivity contribution in [1.82, 2.24) is 0 Å². The molecule has 5 rings (SSSR count). The van der Waals surface area contributed by atoms with Gasteiger partial charge in [0.1, 0.15) is 5.92 Å². The van der Waals surface area contributed by atoms with Crippen molar-refractivity contribution in [1.29, 1.82) is 0 Å². The third kappa shape index (κ3) is 3.56. The number of para-hydroxylation sites is 1. The second-order valence-electron chi connectivity index (χ2n) is 8.13. The number of fused-ring (bicyclic) bond motifs is 1. The Balaban J connectivity index is 1.60. The third-order valence-electron chi connectivity index (χ3n) is 5.97. The number of amides is 2. The molecule has 2 amide bonds. The van der Waals surface area contributed by atoms with Gasteiger partial charge in [-0.15, -0.1) is 0 Å². The van der Waals surface area contributed by atoms with Gasteiger partial charge in [-0.2, -0.15) is 13.2 Å². The van der Waals surface area contributed by atoms with E-state index in [4.69, 9.17) is 4.84 Å². The first-order valence-electron chi connectivity index (χ1n) is 10.4. The minimum atomic E-state index is -4.55. The number of imide groups is 1. The third-order valence-corrected chi connectivity index (χ3v) is 5.97.